The number of benzene rings is 2. The number of nitrogens with zero attached hydrogens (tertiary/aromatic N) is 2. The first-order valence-electron chi connectivity index (χ1n) is 10.7. The Morgan fingerprint density at radius 3 is 2.44 bits per heavy atom. The number of aromatic nitrogens is 2. The van der Waals surface area contributed by atoms with Gasteiger partial charge >= 0.3 is 5.97 Å². The summed E-state index contributed by atoms with van der Waals surface area (Å²) in [5, 5.41) is 2.70. The molecule has 0 bridgehead atoms. The van der Waals surface area contributed by atoms with Gasteiger partial charge in [-0.3, -0.25) is 9.59 Å². The molecule has 3 rings (SSSR count). The number of hydrogen-bond donors (Lipinski definition) is 2. The van der Waals surface area contributed by atoms with E-state index in [1.807, 2.05) is 32.0 Å². The molecule has 2 aromatic carbocycles. The van der Waals surface area contributed by atoms with E-state index in [9.17, 15) is 18.0 Å². The number of imidazole rings is 1. The third-order valence-corrected chi connectivity index (χ3v) is 6.56. The van der Waals surface area contributed by atoms with Crippen molar-refractivity contribution in [3.63, 3.8) is 0 Å². The summed E-state index contributed by atoms with van der Waals surface area (Å²) in [5.41, 5.74) is 2.98. The number of anilines is 1. The summed E-state index contributed by atoms with van der Waals surface area (Å²) >= 11 is 0. The predicted octanol–water partition coefficient (Wildman–Crippen LogP) is 2.94. The normalized spacial score (nSPS) is 12.2. The van der Waals surface area contributed by atoms with Gasteiger partial charge in [0, 0.05) is 31.0 Å². The third-order valence-electron chi connectivity index (χ3n) is 5.22. The summed E-state index contributed by atoms with van der Waals surface area (Å²) in [6.45, 7) is 5.27. The molecular formula is C24H28N4O5S. The second-order valence-corrected chi connectivity index (χ2v) is 9.69. The van der Waals surface area contributed by atoms with Crippen LogP contribution in [0.25, 0.3) is 0 Å². The minimum Gasteiger partial charge on any atom is -0.447 e. The van der Waals surface area contributed by atoms with Crippen LogP contribution in [0.2, 0.25) is 0 Å². The molecule has 1 aromatic heterocycles. The lowest BCUT2D eigenvalue weighted by Crippen LogP contribution is -2.29. The van der Waals surface area contributed by atoms with Crippen molar-refractivity contribution < 1.29 is 22.7 Å². The van der Waals surface area contributed by atoms with E-state index in [4.69, 9.17) is 4.74 Å². The van der Waals surface area contributed by atoms with E-state index in [1.165, 1.54) is 6.20 Å². The molecule has 0 saturated heterocycles. The Balaban J connectivity index is 1.67. The molecule has 1 unspecified atom stereocenters. The standard InChI is InChI=1S/C24H28N4O5S/c1-16-10-11-17(2)20(14-16)27-24(30)23(19-8-6-5-7-9-19)33-22(29)12-13-25-34(31,32)21-15-28(4)18(3)26-21/h5-11,14-15,23,25H,12-13H2,1-4H3,(H,27,30). The number of ether oxygens (including phenoxy) is 1. The molecule has 0 aliphatic carbocycles. The van der Waals surface area contributed by atoms with Crippen LogP contribution in [0.3, 0.4) is 0 Å². The van der Waals surface area contributed by atoms with Crippen molar-refractivity contribution in [3.8, 4) is 0 Å². The minimum absolute atomic E-state index is 0.129. The van der Waals surface area contributed by atoms with Crippen LogP contribution in [-0.2, 0) is 31.4 Å². The smallest absolute Gasteiger partial charge is 0.308 e. The molecule has 0 saturated carbocycles. The molecule has 0 radical (unpaired) electrons. The van der Waals surface area contributed by atoms with Crippen molar-refractivity contribution in [2.75, 3.05) is 11.9 Å². The Labute approximate surface area is 199 Å². The molecule has 0 fully saturated rings. The van der Waals surface area contributed by atoms with E-state index >= 15 is 0 Å². The Kier molecular flexibility index (Phi) is 7.85. The second-order valence-electron chi connectivity index (χ2n) is 7.97. The predicted molar refractivity (Wildman–Crippen MR) is 128 cm³/mol. The highest BCUT2D eigenvalue weighted by Crippen LogP contribution is 2.23. The number of rotatable bonds is 9. The average molecular weight is 485 g/mol. The van der Waals surface area contributed by atoms with Gasteiger partial charge < -0.3 is 14.6 Å². The molecule has 0 spiro atoms. The molecule has 1 amide bonds. The van der Waals surface area contributed by atoms with Crippen molar-refractivity contribution in [1.29, 1.82) is 0 Å². The SMILES string of the molecule is Cc1ccc(C)c(NC(=O)C(OC(=O)CCNS(=O)(=O)c2cn(C)c(C)n2)c2ccccc2)c1. The van der Waals surface area contributed by atoms with Gasteiger partial charge in [0.1, 0.15) is 5.82 Å². The molecule has 0 aliphatic rings. The lowest BCUT2D eigenvalue weighted by molar-refractivity contribution is -0.154. The van der Waals surface area contributed by atoms with Crippen molar-refractivity contribution in [1.82, 2.24) is 14.3 Å². The Morgan fingerprint density at radius 2 is 1.79 bits per heavy atom. The van der Waals surface area contributed by atoms with Crippen molar-refractivity contribution in [2.24, 2.45) is 7.05 Å². The number of carbonyl (C=O) groups is 2. The van der Waals surface area contributed by atoms with Crippen LogP contribution in [0.15, 0.2) is 59.8 Å². The van der Waals surface area contributed by atoms with E-state index in [0.29, 0.717) is 17.1 Å². The van der Waals surface area contributed by atoms with Gasteiger partial charge in [0.15, 0.2) is 5.03 Å². The summed E-state index contributed by atoms with van der Waals surface area (Å²) in [4.78, 5) is 29.6. The molecular weight excluding hydrogens is 456 g/mol. The fourth-order valence-electron chi connectivity index (χ4n) is 3.18. The van der Waals surface area contributed by atoms with Crippen LogP contribution in [-0.4, -0.2) is 36.4 Å². The van der Waals surface area contributed by atoms with Gasteiger partial charge in [-0.25, -0.2) is 18.1 Å². The molecule has 34 heavy (non-hydrogen) atoms. The Bertz CT molecular complexity index is 1270. The maximum atomic E-state index is 13.1. The molecule has 3 aromatic rings. The first kappa shape index (κ1) is 25.1. The number of carbonyl (C=O) groups excluding carboxylic acids is 2. The average Bonchev–Trinajstić information content (AvgIpc) is 3.14. The van der Waals surface area contributed by atoms with Crippen LogP contribution >= 0.6 is 0 Å². The van der Waals surface area contributed by atoms with Gasteiger partial charge in [-0.15, -0.1) is 0 Å². The first-order valence-corrected chi connectivity index (χ1v) is 12.2. The maximum Gasteiger partial charge on any atom is 0.308 e. The van der Waals surface area contributed by atoms with Gasteiger partial charge in [-0.2, -0.15) is 0 Å². The largest absolute Gasteiger partial charge is 0.447 e. The van der Waals surface area contributed by atoms with Gasteiger partial charge in [-0.1, -0.05) is 42.5 Å². The fourth-order valence-corrected chi connectivity index (χ4v) is 4.24. The van der Waals surface area contributed by atoms with Crippen molar-refractivity contribution >= 4 is 27.6 Å². The molecule has 0 aliphatic heterocycles. The summed E-state index contributed by atoms with van der Waals surface area (Å²) in [5.74, 6) is -0.678. The molecule has 10 heteroatoms. The lowest BCUT2D eigenvalue weighted by atomic mass is 10.1. The number of hydrogen-bond acceptors (Lipinski definition) is 6. The van der Waals surface area contributed by atoms with Gasteiger partial charge in [0.05, 0.1) is 6.42 Å². The summed E-state index contributed by atoms with van der Waals surface area (Å²) in [6, 6.07) is 14.3. The van der Waals surface area contributed by atoms with Gasteiger partial charge in [0.2, 0.25) is 6.10 Å². The molecule has 1 atom stereocenters. The first-order chi connectivity index (χ1) is 16.1. The van der Waals surface area contributed by atoms with Crippen LogP contribution in [0.5, 0.6) is 0 Å². The van der Waals surface area contributed by atoms with Crippen LogP contribution in [0.4, 0.5) is 5.69 Å². The van der Waals surface area contributed by atoms with E-state index in [1.54, 1.807) is 48.9 Å². The number of esters is 1. The zero-order chi connectivity index (χ0) is 24.9. The number of nitrogens with one attached hydrogen (secondary N) is 2. The van der Waals surface area contributed by atoms with E-state index < -0.39 is 28.0 Å². The summed E-state index contributed by atoms with van der Waals surface area (Å²) < 4.78 is 34.2. The van der Waals surface area contributed by atoms with Crippen LogP contribution < -0.4 is 10.0 Å². The Hall–Kier alpha value is -3.50. The lowest BCUT2D eigenvalue weighted by Gasteiger charge is -2.19. The monoisotopic (exact) mass is 484 g/mol. The number of sulfonamides is 1. The molecule has 180 valence electrons. The van der Waals surface area contributed by atoms with Crippen LogP contribution in [0.1, 0.15) is 35.0 Å². The fraction of sp³-hybridized carbons (Fsp3) is 0.292. The van der Waals surface area contributed by atoms with E-state index in [2.05, 4.69) is 15.0 Å². The minimum atomic E-state index is -3.87. The molecule has 9 nitrogen and oxygen atoms in total. The third kappa shape index (κ3) is 6.30. The van der Waals surface area contributed by atoms with Gasteiger partial charge in [0.25, 0.3) is 15.9 Å². The highest BCUT2D eigenvalue weighted by molar-refractivity contribution is 7.89. The zero-order valence-electron chi connectivity index (χ0n) is 19.5. The summed E-state index contributed by atoms with van der Waals surface area (Å²) in [7, 11) is -2.19. The van der Waals surface area contributed by atoms with Gasteiger partial charge in [-0.05, 0) is 38.0 Å². The zero-order valence-corrected chi connectivity index (χ0v) is 20.3. The molecule has 1 heterocycles. The quantitative estimate of drug-likeness (QED) is 0.451. The second kappa shape index (κ2) is 10.6. The van der Waals surface area contributed by atoms with Crippen LogP contribution in [0, 0.1) is 20.8 Å². The highest BCUT2D eigenvalue weighted by atomic mass is 32.2. The topological polar surface area (TPSA) is 119 Å². The van der Waals surface area contributed by atoms with E-state index in [0.717, 1.165) is 11.1 Å². The summed E-state index contributed by atoms with van der Waals surface area (Å²) in [6.07, 6.45) is -0.0619. The van der Waals surface area contributed by atoms with Crippen molar-refractivity contribution in [3.05, 3.63) is 77.2 Å². The number of aryl methyl sites for hydroxylation is 4. The molecule has 2 N–H and O–H groups in total. The highest BCUT2D eigenvalue weighted by Gasteiger charge is 2.26. The maximum absolute atomic E-state index is 13.1. The Morgan fingerprint density at radius 1 is 1.09 bits per heavy atom. The number of amides is 1. The van der Waals surface area contributed by atoms with E-state index in [-0.39, 0.29) is 18.0 Å². The van der Waals surface area contributed by atoms with Crippen molar-refractivity contribution in [2.45, 2.75) is 38.3 Å².